The molecule has 1 aliphatic carbocycles. The number of fused-ring (bicyclic) bond motifs is 1. The summed E-state index contributed by atoms with van der Waals surface area (Å²) >= 11 is 1.80. The lowest BCUT2D eigenvalue weighted by molar-refractivity contribution is -0.137. The Morgan fingerprint density at radius 1 is 1.25 bits per heavy atom. The molecule has 0 radical (unpaired) electrons. The van der Waals surface area contributed by atoms with Crippen molar-refractivity contribution in [1.82, 2.24) is 5.32 Å². The highest BCUT2D eigenvalue weighted by atomic mass is 32.2. The summed E-state index contributed by atoms with van der Waals surface area (Å²) < 4.78 is 0.0886. The van der Waals surface area contributed by atoms with Gasteiger partial charge in [-0.05, 0) is 30.4 Å². The average Bonchev–Trinajstić information content (AvgIpc) is 2.51. The van der Waals surface area contributed by atoms with Crippen LogP contribution in [-0.2, 0) is 22.4 Å². The van der Waals surface area contributed by atoms with Crippen LogP contribution in [0.4, 0.5) is 0 Å². The summed E-state index contributed by atoms with van der Waals surface area (Å²) in [5, 5.41) is 11.6. The Morgan fingerprint density at radius 3 is 2.54 bits per heavy atom. The van der Waals surface area contributed by atoms with E-state index in [1.807, 2.05) is 12.1 Å². The average molecular weight is 349 g/mol. The molecule has 132 valence electrons. The molecule has 2 rings (SSSR count). The zero-order chi connectivity index (χ0) is 17.8. The zero-order valence-electron chi connectivity index (χ0n) is 14.7. The minimum atomic E-state index is -0.887. The molecule has 5 heteroatoms. The van der Waals surface area contributed by atoms with Gasteiger partial charge < -0.3 is 10.4 Å². The minimum absolute atomic E-state index is 0.00463. The first-order chi connectivity index (χ1) is 11.2. The van der Waals surface area contributed by atoms with Gasteiger partial charge in [0, 0.05) is 17.0 Å². The molecule has 0 spiro atoms. The van der Waals surface area contributed by atoms with E-state index in [1.165, 1.54) is 11.1 Å². The lowest BCUT2D eigenvalue weighted by Crippen LogP contribution is -2.47. The molecule has 1 atom stereocenters. The standard InChI is InChI=1S/C19H27NO3S/c1-18(2,3)24-13-19(17(23)20-11-9-16(21)22)10-8-14-6-4-5-7-15(14)12-19/h4-7H,8-13H2,1-3H3,(H,20,23)(H,21,22). The van der Waals surface area contributed by atoms with Gasteiger partial charge in [0.25, 0.3) is 0 Å². The highest BCUT2D eigenvalue weighted by Crippen LogP contribution is 2.41. The third-order valence-corrected chi connectivity index (χ3v) is 5.97. The van der Waals surface area contributed by atoms with Crippen molar-refractivity contribution in [3.05, 3.63) is 35.4 Å². The molecule has 0 saturated carbocycles. The molecule has 1 aliphatic rings. The van der Waals surface area contributed by atoms with Gasteiger partial charge in [0.2, 0.25) is 5.91 Å². The molecule has 24 heavy (non-hydrogen) atoms. The minimum Gasteiger partial charge on any atom is -0.481 e. The second kappa shape index (κ2) is 7.60. The van der Waals surface area contributed by atoms with Gasteiger partial charge in [-0.3, -0.25) is 9.59 Å². The fraction of sp³-hybridized carbons (Fsp3) is 0.579. The molecule has 0 fully saturated rings. The summed E-state index contributed by atoms with van der Waals surface area (Å²) in [6.07, 6.45) is 2.40. The monoisotopic (exact) mass is 349 g/mol. The van der Waals surface area contributed by atoms with Gasteiger partial charge in [-0.2, -0.15) is 11.8 Å². The molecule has 1 amide bonds. The van der Waals surface area contributed by atoms with Gasteiger partial charge in [-0.25, -0.2) is 0 Å². The van der Waals surface area contributed by atoms with Gasteiger partial charge in [0.1, 0.15) is 0 Å². The smallest absolute Gasteiger partial charge is 0.305 e. The maximum atomic E-state index is 12.9. The lowest BCUT2D eigenvalue weighted by Gasteiger charge is -2.38. The van der Waals surface area contributed by atoms with Gasteiger partial charge in [-0.15, -0.1) is 0 Å². The van der Waals surface area contributed by atoms with Crippen LogP contribution in [0.1, 0.15) is 44.7 Å². The molecule has 1 aromatic rings. The molecule has 0 saturated heterocycles. The van der Waals surface area contributed by atoms with E-state index in [9.17, 15) is 9.59 Å². The first-order valence-corrected chi connectivity index (χ1v) is 9.41. The Hall–Kier alpha value is -1.49. The number of aryl methyl sites for hydroxylation is 1. The summed E-state index contributed by atoms with van der Waals surface area (Å²) in [6.45, 7) is 6.66. The number of aliphatic carboxylic acids is 1. The quantitative estimate of drug-likeness (QED) is 0.827. The Labute approximate surface area is 148 Å². The number of carbonyl (C=O) groups excluding carboxylic acids is 1. The van der Waals surface area contributed by atoms with E-state index < -0.39 is 11.4 Å². The fourth-order valence-corrected chi connectivity index (χ4v) is 4.10. The van der Waals surface area contributed by atoms with Crippen LogP contribution < -0.4 is 5.32 Å². The predicted octanol–water partition coefficient (Wildman–Crippen LogP) is 3.28. The number of thioether (sulfide) groups is 1. The van der Waals surface area contributed by atoms with Crippen LogP contribution >= 0.6 is 11.8 Å². The van der Waals surface area contributed by atoms with Crippen molar-refractivity contribution in [3.8, 4) is 0 Å². The third-order valence-electron chi connectivity index (χ3n) is 4.41. The van der Waals surface area contributed by atoms with Crippen LogP contribution in [-0.4, -0.2) is 34.0 Å². The maximum absolute atomic E-state index is 12.9. The second-order valence-electron chi connectivity index (χ2n) is 7.53. The number of hydrogen-bond donors (Lipinski definition) is 2. The largest absolute Gasteiger partial charge is 0.481 e. The number of carboxylic acid groups (broad SMARTS) is 1. The number of amides is 1. The van der Waals surface area contributed by atoms with Crippen LogP contribution in [0.3, 0.4) is 0 Å². The predicted molar refractivity (Wildman–Crippen MR) is 98.4 cm³/mol. The van der Waals surface area contributed by atoms with E-state index in [0.29, 0.717) is 0 Å². The van der Waals surface area contributed by atoms with Crippen molar-refractivity contribution < 1.29 is 14.7 Å². The van der Waals surface area contributed by atoms with E-state index >= 15 is 0 Å². The SMILES string of the molecule is CC(C)(C)SCC1(C(=O)NCCC(=O)O)CCc2ccccc2C1. The second-order valence-corrected chi connectivity index (χ2v) is 9.33. The number of carbonyl (C=O) groups is 2. The van der Waals surface area contributed by atoms with Gasteiger partial charge in [-0.1, -0.05) is 45.0 Å². The Bertz CT molecular complexity index is 609. The third kappa shape index (κ3) is 5.00. The molecule has 0 aliphatic heterocycles. The molecule has 1 aromatic carbocycles. The van der Waals surface area contributed by atoms with Crippen molar-refractivity contribution in [2.45, 2.75) is 51.2 Å². The highest BCUT2D eigenvalue weighted by Gasteiger charge is 2.41. The number of carboxylic acids is 1. The molecule has 2 N–H and O–H groups in total. The Kier molecular flexibility index (Phi) is 5.97. The summed E-state index contributed by atoms with van der Waals surface area (Å²) in [5.41, 5.74) is 2.11. The van der Waals surface area contributed by atoms with Crippen LogP contribution in [0.2, 0.25) is 0 Å². The Morgan fingerprint density at radius 2 is 1.92 bits per heavy atom. The van der Waals surface area contributed by atoms with Gasteiger partial charge in [0.05, 0.1) is 11.8 Å². The lowest BCUT2D eigenvalue weighted by atomic mass is 9.72. The number of hydrogen-bond acceptors (Lipinski definition) is 3. The van der Waals surface area contributed by atoms with Crippen LogP contribution in [0.15, 0.2) is 24.3 Å². The summed E-state index contributed by atoms with van der Waals surface area (Å²) in [6, 6.07) is 8.31. The van der Waals surface area contributed by atoms with Crippen LogP contribution in [0, 0.1) is 5.41 Å². The van der Waals surface area contributed by atoms with E-state index in [0.717, 1.165) is 25.0 Å². The molecular weight excluding hydrogens is 322 g/mol. The van der Waals surface area contributed by atoms with Crippen molar-refractivity contribution in [3.63, 3.8) is 0 Å². The fourth-order valence-electron chi connectivity index (χ4n) is 3.01. The first-order valence-electron chi connectivity index (χ1n) is 8.43. The molecule has 4 nitrogen and oxygen atoms in total. The zero-order valence-corrected chi connectivity index (χ0v) is 15.5. The van der Waals surface area contributed by atoms with Crippen LogP contribution in [0.25, 0.3) is 0 Å². The van der Waals surface area contributed by atoms with Crippen molar-refractivity contribution in [2.75, 3.05) is 12.3 Å². The molecular formula is C19H27NO3S. The highest BCUT2D eigenvalue weighted by molar-refractivity contribution is 8.00. The van der Waals surface area contributed by atoms with Gasteiger partial charge >= 0.3 is 5.97 Å². The van der Waals surface area contributed by atoms with Crippen LogP contribution in [0.5, 0.6) is 0 Å². The van der Waals surface area contributed by atoms with Crippen molar-refractivity contribution >= 4 is 23.6 Å². The molecule has 0 bridgehead atoms. The number of benzene rings is 1. The number of nitrogens with one attached hydrogen (secondary N) is 1. The van der Waals surface area contributed by atoms with Crippen molar-refractivity contribution in [2.24, 2.45) is 5.41 Å². The summed E-state index contributed by atoms with van der Waals surface area (Å²) in [7, 11) is 0. The van der Waals surface area contributed by atoms with E-state index in [1.54, 1.807) is 11.8 Å². The van der Waals surface area contributed by atoms with E-state index in [4.69, 9.17) is 5.11 Å². The topological polar surface area (TPSA) is 66.4 Å². The Balaban J connectivity index is 2.16. The summed E-state index contributed by atoms with van der Waals surface area (Å²) in [5.74, 6) is -0.138. The number of rotatable bonds is 6. The first kappa shape index (κ1) is 18.8. The molecule has 0 heterocycles. The van der Waals surface area contributed by atoms with E-state index in [2.05, 4.69) is 38.2 Å². The maximum Gasteiger partial charge on any atom is 0.305 e. The molecule has 1 unspecified atom stereocenters. The van der Waals surface area contributed by atoms with Crippen molar-refractivity contribution in [1.29, 1.82) is 0 Å². The summed E-state index contributed by atoms with van der Waals surface area (Å²) in [4.78, 5) is 23.6. The normalized spacial score (nSPS) is 20.3. The molecule has 0 aromatic heterocycles. The van der Waals surface area contributed by atoms with E-state index in [-0.39, 0.29) is 23.6 Å². The van der Waals surface area contributed by atoms with Gasteiger partial charge in [0.15, 0.2) is 0 Å².